The van der Waals surface area contributed by atoms with E-state index in [0.29, 0.717) is 22.4 Å². The first-order valence-electron chi connectivity index (χ1n) is 10.9. The van der Waals surface area contributed by atoms with Gasteiger partial charge < -0.3 is 19.6 Å². The molecule has 0 unspecified atom stereocenters. The van der Waals surface area contributed by atoms with Crippen molar-refractivity contribution in [1.29, 1.82) is 0 Å². The first kappa shape index (κ1) is 23.1. The Hall–Kier alpha value is -4.04. The molecule has 2 aromatic carbocycles. The number of hydrogen-bond acceptors (Lipinski definition) is 4. The number of pyridine rings is 1. The van der Waals surface area contributed by atoms with Gasteiger partial charge in [0.2, 0.25) is 5.62 Å². The number of imidazole rings is 1. The number of amides is 2. The Bertz CT molecular complexity index is 1440. The van der Waals surface area contributed by atoms with Gasteiger partial charge in [-0.25, -0.2) is 0 Å². The Balaban J connectivity index is 1.73. The Kier molecular flexibility index (Phi) is 6.17. The molecular weight excluding hydrogens is 430 g/mol. The number of benzene rings is 2. The number of aromatic amines is 1. The number of nitrogens with one attached hydrogen (secondary N) is 1. The minimum atomic E-state index is -0.998. The maximum absolute atomic E-state index is 13.1. The van der Waals surface area contributed by atoms with Gasteiger partial charge in [0.15, 0.2) is 0 Å². The van der Waals surface area contributed by atoms with Crippen LogP contribution in [0.25, 0.3) is 22.3 Å². The lowest BCUT2D eigenvalue weighted by molar-refractivity contribution is 0.0612. The molecule has 2 amide bonds. The summed E-state index contributed by atoms with van der Waals surface area (Å²) in [5, 5.41) is 10.4. The summed E-state index contributed by atoms with van der Waals surface area (Å²) in [7, 11) is 3.39. The molecular formula is C26H27N5O3. The number of aliphatic hydroxyl groups is 1. The van der Waals surface area contributed by atoms with E-state index in [1.807, 2.05) is 30.3 Å². The Labute approximate surface area is 197 Å². The maximum Gasteiger partial charge on any atom is 0.280 e. The van der Waals surface area contributed by atoms with Crippen LogP contribution >= 0.6 is 0 Å². The Morgan fingerprint density at radius 3 is 2.56 bits per heavy atom. The number of rotatable bonds is 5. The summed E-state index contributed by atoms with van der Waals surface area (Å²) in [6.07, 6.45) is 1.55. The number of hydrogen-bond donors (Lipinski definition) is 2. The summed E-state index contributed by atoms with van der Waals surface area (Å²) in [5.41, 5.74) is 3.21. The molecule has 2 heterocycles. The van der Waals surface area contributed by atoms with Crippen molar-refractivity contribution < 1.29 is 14.7 Å². The van der Waals surface area contributed by atoms with E-state index in [9.17, 15) is 14.7 Å². The topological polar surface area (TPSA) is 104 Å². The maximum atomic E-state index is 13.1. The predicted molar refractivity (Wildman–Crippen MR) is 130 cm³/mol. The Morgan fingerprint density at radius 2 is 1.82 bits per heavy atom. The predicted octanol–water partition coefficient (Wildman–Crippen LogP) is 3.25. The number of nitrogens with zero attached hydrogens (tertiary/aromatic N) is 4. The van der Waals surface area contributed by atoms with Crippen LogP contribution in [0.4, 0.5) is 0 Å². The third-order valence-corrected chi connectivity index (χ3v) is 5.27. The molecule has 0 bridgehead atoms. The van der Waals surface area contributed by atoms with E-state index in [4.69, 9.17) is 0 Å². The number of carbonyl (C=O) groups excluding carboxylic acids is 2. The minimum Gasteiger partial charge on any atom is -0.389 e. The van der Waals surface area contributed by atoms with Gasteiger partial charge in [0, 0.05) is 37.0 Å². The lowest BCUT2D eigenvalue weighted by atomic mass is 10.1. The van der Waals surface area contributed by atoms with Crippen LogP contribution in [-0.2, 0) is 6.54 Å². The van der Waals surface area contributed by atoms with Gasteiger partial charge in [-0.15, -0.1) is 0 Å². The van der Waals surface area contributed by atoms with Gasteiger partial charge in [-0.05, 0) is 50.2 Å². The van der Waals surface area contributed by atoms with Crippen LogP contribution in [0.2, 0.25) is 0 Å². The third-order valence-electron chi connectivity index (χ3n) is 5.27. The van der Waals surface area contributed by atoms with Crippen LogP contribution in [0.1, 0.15) is 34.6 Å². The van der Waals surface area contributed by atoms with Crippen molar-refractivity contribution in [3.8, 4) is 11.3 Å². The van der Waals surface area contributed by atoms with E-state index in [1.165, 1.54) is 4.90 Å². The molecule has 4 rings (SSSR count). The zero-order valence-corrected chi connectivity index (χ0v) is 19.6. The van der Waals surface area contributed by atoms with E-state index in [0.717, 1.165) is 16.6 Å². The van der Waals surface area contributed by atoms with Crippen LogP contribution < -0.4 is 5.62 Å². The first-order valence-corrected chi connectivity index (χ1v) is 10.9. The molecule has 0 radical (unpaired) electrons. The number of para-hydroxylation sites is 2. The second kappa shape index (κ2) is 9.07. The van der Waals surface area contributed by atoms with Crippen LogP contribution in [0.5, 0.6) is 0 Å². The highest BCUT2D eigenvalue weighted by Gasteiger charge is 2.18. The number of H-pyrrole nitrogens is 1. The van der Waals surface area contributed by atoms with Crippen LogP contribution in [0, 0.1) is 0 Å². The fraction of sp³-hybridized carbons (Fsp3) is 0.231. The molecule has 2 N–H and O–H groups in total. The van der Waals surface area contributed by atoms with E-state index in [-0.39, 0.29) is 12.5 Å². The van der Waals surface area contributed by atoms with Crippen molar-refractivity contribution in [3.05, 3.63) is 83.6 Å². The number of fused-ring (bicyclic) bond motifs is 1. The molecule has 0 spiro atoms. The molecule has 8 nitrogen and oxygen atoms in total. The normalized spacial score (nSPS) is 12.2. The SMILES string of the molecule is CN(C)C(=O)c1cccc(-c2cc(C(=O)/N=c3\[nH]c4ccccc4n3CC(C)(C)O)ccn2)c1. The zero-order chi connectivity index (χ0) is 24.5. The van der Waals surface area contributed by atoms with Gasteiger partial charge in [0.25, 0.3) is 11.8 Å². The average Bonchev–Trinajstić information content (AvgIpc) is 3.14. The number of aromatic nitrogens is 3. The quantitative estimate of drug-likeness (QED) is 0.480. The summed E-state index contributed by atoms with van der Waals surface area (Å²) in [6.45, 7) is 3.67. The number of carbonyl (C=O) groups is 2. The third kappa shape index (κ3) is 4.97. The van der Waals surface area contributed by atoms with Crippen molar-refractivity contribution in [1.82, 2.24) is 19.4 Å². The molecule has 0 fully saturated rings. The van der Waals surface area contributed by atoms with E-state index >= 15 is 0 Å². The van der Waals surface area contributed by atoms with Crippen molar-refractivity contribution in [3.63, 3.8) is 0 Å². The van der Waals surface area contributed by atoms with Gasteiger partial charge in [-0.1, -0.05) is 24.3 Å². The van der Waals surface area contributed by atoms with Gasteiger partial charge in [-0.3, -0.25) is 14.6 Å². The van der Waals surface area contributed by atoms with Gasteiger partial charge in [0.05, 0.1) is 28.9 Å². The summed E-state index contributed by atoms with van der Waals surface area (Å²) >= 11 is 0. The standard InChI is InChI=1S/C26H27N5O3/c1-26(2,34)16-31-22-11-6-5-10-20(22)28-25(31)29-23(32)18-12-13-27-21(15-18)17-8-7-9-19(14-17)24(33)30(3)4/h5-15,34H,16H2,1-4H3,(H,28,29,32). The zero-order valence-electron chi connectivity index (χ0n) is 19.6. The molecule has 0 atom stereocenters. The highest BCUT2D eigenvalue weighted by molar-refractivity contribution is 5.97. The van der Waals surface area contributed by atoms with Crippen LogP contribution in [0.15, 0.2) is 71.9 Å². The molecule has 174 valence electrons. The smallest absolute Gasteiger partial charge is 0.280 e. The molecule has 0 saturated heterocycles. The second-order valence-corrected chi connectivity index (χ2v) is 8.99. The van der Waals surface area contributed by atoms with E-state index in [2.05, 4.69) is 15.0 Å². The highest BCUT2D eigenvalue weighted by Crippen LogP contribution is 2.20. The summed E-state index contributed by atoms with van der Waals surface area (Å²) < 4.78 is 1.80. The van der Waals surface area contributed by atoms with Crippen molar-refractivity contribution in [2.75, 3.05) is 14.1 Å². The first-order chi connectivity index (χ1) is 16.1. The molecule has 2 aromatic heterocycles. The fourth-order valence-corrected chi connectivity index (χ4v) is 3.70. The largest absolute Gasteiger partial charge is 0.389 e. The minimum absolute atomic E-state index is 0.112. The van der Waals surface area contributed by atoms with Crippen molar-refractivity contribution in [2.24, 2.45) is 4.99 Å². The van der Waals surface area contributed by atoms with Crippen molar-refractivity contribution >= 4 is 22.8 Å². The summed E-state index contributed by atoms with van der Waals surface area (Å²) in [5.74, 6) is -0.556. The van der Waals surface area contributed by atoms with Crippen LogP contribution in [-0.4, -0.2) is 56.1 Å². The lowest BCUT2D eigenvalue weighted by Crippen LogP contribution is -2.32. The second-order valence-electron chi connectivity index (χ2n) is 8.99. The van der Waals surface area contributed by atoms with Gasteiger partial charge in [0.1, 0.15) is 0 Å². The fourth-order valence-electron chi connectivity index (χ4n) is 3.70. The molecule has 34 heavy (non-hydrogen) atoms. The van der Waals surface area contributed by atoms with Crippen molar-refractivity contribution in [2.45, 2.75) is 26.0 Å². The monoisotopic (exact) mass is 457 g/mol. The molecule has 0 aliphatic heterocycles. The Morgan fingerprint density at radius 1 is 1.06 bits per heavy atom. The molecule has 0 aliphatic carbocycles. The van der Waals surface area contributed by atoms with E-state index < -0.39 is 11.5 Å². The molecule has 4 aromatic rings. The molecule has 0 saturated carbocycles. The summed E-state index contributed by atoms with van der Waals surface area (Å²) in [6, 6.07) is 18.0. The van der Waals surface area contributed by atoms with Gasteiger partial charge >= 0.3 is 0 Å². The lowest BCUT2D eigenvalue weighted by Gasteiger charge is -2.18. The molecule has 0 aliphatic rings. The highest BCUT2D eigenvalue weighted by atomic mass is 16.3. The van der Waals surface area contributed by atoms with E-state index in [1.54, 1.807) is 69.0 Å². The average molecular weight is 458 g/mol. The van der Waals surface area contributed by atoms with Gasteiger partial charge in [-0.2, -0.15) is 4.99 Å². The molecule has 8 heteroatoms. The summed E-state index contributed by atoms with van der Waals surface area (Å²) in [4.78, 5) is 38.8. The van der Waals surface area contributed by atoms with Crippen LogP contribution in [0.3, 0.4) is 0 Å².